The zero-order chi connectivity index (χ0) is 19.9. The van der Waals surface area contributed by atoms with Crippen LogP contribution in [0.4, 0.5) is 0 Å². The second kappa shape index (κ2) is 9.35. The molecule has 6 nitrogen and oxygen atoms in total. The molecule has 2 aliphatic heterocycles. The predicted molar refractivity (Wildman–Crippen MR) is 112 cm³/mol. The summed E-state index contributed by atoms with van der Waals surface area (Å²) in [5.41, 5.74) is 1.84. The number of aromatic nitrogens is 2. The van der Waals surface area contributed by atoms with Crippen LogP contribution in [-0.2, 0) is 6.42 Å². The number of benzene rings is 1. The Balaban J connectivity index is 1.58. The van der Waals surface area contributed by atoms with Gasteiger partial charge in [0, 0.05) is 18.9 Å². The molecular weight excluding hydrogens is 364 g/mol. The molecule has 1 saturated heterocycles. The van der Waals surface area contributed by atoms with Crippen LogP contribution >= 0.6 is 0 Å². The fourth-order valence-corrected chi connectivity index (χ4v) is 4.61. The Morgan fingerprint density at radius 2 is 1.97 bits per heavy atom. The lowest BCUT2D eigenvalue weighted by Crippen LogP contribution is -2.48. The molecule has 0 bridgehead atoms. The van der Waals surface area contributed by atoms with Crippen LogP contribution in [0.2, 0.25) is 0 Å². The van der Waals surface area contributed by atoms with Crippen molar-refractivity contribution in [2.24, 2.45) is 5.41 Å². The van der Waals surface area contributed by atoms with Crippen molar-refractivity contribution >= 4 is 5.91 Å². The molecule has 0 saturated carbocycles. The van der Waals surface area contributed by atoms with E-state index in [9.17, 15) is 4.79 Å². The van der Waals surface area contributed by atoms with E-state index in [1.54, 1.807) is 18.6 Å². The normalized spacial score (nSPS) is 20.1. The third-order valence-corrected chi connectivity index (χ3v) is 6.25. The number of nitrogens with one attached hydrogen (secondary N) is 1. The van der Waals surface area contributed by atoms with Gasteiger partial charge in [0.2, 0.25) is 0 Å². The van der Waals surface area contributed by atoms with Crippen LogP contribution in [0.5, 0.6) is 5.75 Å². The highest BCUT2D eigenvalue weighted by atomic mass is 16.5. The molecule has 0 atom stereocenters. The lowest BCUT2D eigenvalue weighted by Gasteiger charge is -2.42. The van der Waals surface area contributed by atoms with Gasteiger partial charge in [0.15, 0.2) is 0 Å². The first kappa shape index (κ1) is 19.8. The first-order chi connectivity index (χ1) is 14.3. The van der Waals surface area contributed by atoms with Gasteiger partial charge in [-0.25, -0.2) is 4.98 Å². The summed E-state index contributed by atoms with van der Waals surface area (Å²) in [6, 6.07) is 8.28. The van der Waals surface area contributed by atoms with Gasteiger partial charge in [-0.05, 0) is 62.2 Å². The lowest BCUT2D eigenvalue weighted by atomic mass is 9.74. The minimum absolute atomic E-state index is 0.0510. The Bertz CT molecular complexity index is 806. The zero-order valence-electron chi connectivity index (χ0n) is 17.0. The molecule has 2 aromatic rings. The number of ether oxygens (including phenoxy) is 1. The number of amides is 1. The molecule has 1 amide bonds. The number of hydrogen-bond donors (Lipinski definition) is 1. The van der Waals surface area contributed by atoms with Gasteiger partial charge in [-0.1, -0.05) is 24.6 Å². The number of fused-ring (bicyclic) bond motifs is 1. The molecular formula is C23H30N4O2. The number of hydrogen-bond acceptors (Lipinski definition) is 5. The number of aryl methyl sites for hydroxylation is 1. The van der Waals surface area contributed by atoms with Crippen LogP contribution in [0.15, 0.2) is 42.9 Å². The topological polar surface area (TPSA) is 67.4 Å². The second-order valence-electron chi connectivity index (χ2n) is 8.23. The average Bonchev–Trinajstić information content (AvgIpc) is 2.77. The maximum Gasteiger partial charge on any atom is 0.274 e. The maximum atomic E-state index is 13.2. The predicted octanol–water partition coefficient (Wildman–Crippen LogP) is 3.09. The van der Waals surface area contributed by atoms with Crippen molar-refractivity contribution in [1.29, 1.82) is 0 Å². The first-order valence-electron chi connectivity index (χ1n) is 10.7. The van der Waals surface area contributed by atoms with E-state index in [-0.39, 0.29) is 11.3 Å². The fraction of sp³-hybridized carbons (Fsp3) is 0.522. The summed E-state index contributed by atoms with van der Waals surface area (Å²) in [5.74, 6) is 0.890. The molecule has 29 heavy (non-hydrogen) atoms. The van der Waals surface area contributed by atoms with Crippen LogP contribution in [0.1, 0.15) is 48.2 Å². The van der Waals surface area contributed by atoms with Gasteiger partial charge in [0.1, 0.15) is 18.1 Å². The van der Waals surface area contributed by atoms with Crippen molar-refractivity contribution in [2.75, 3.05) is 32.8 Å². The molecule has 0 unspecified atom stereocenters. The van der Waals surface area contributed by atoms with E-state index in [0.29, 0.717) is 18.8 Å². The molecule has 154 valence electrons. The Morgan fingerprint density at radius 1 is 1.10 bits per heavy atom. The summed E-state index contributed by atoms with van der Waals surface area (Å²) >= 11 is 0. The van der Waals surface area contributed by atoms with Crippen molar-refractivity contribution < 1.29 is 9.53 Å². The smallest absolute Gasteiger partial charge is 0.274 e. The van der Waals surface area contributed by atoms with Crippen LogP contribution in [0.3, 0.4) is 0 Å². The van der Waals surface area contributed by atoms with E-state index in [0.717, 1.165) is 57.5 Å². The van der Waals surface area contributed by atoms with E-state index >= 15 is 0 Å². The first-order valence-corrected chi connectivity index (χ1v) is 10.7. The second-order valence-corrected chi connectivity index (χ2v) is 8.23. The number of para-hydroxylation sites is 1. The number of nitrogens with zero attached hydrogens (tertiary/aromatic N) is 3. The zero-order valence-corrected chi connectivity index (χ0v) is 17.0. The fourth-order valence-electron chi connectivity index (χ4n) is 4.61. The van der Waals surface area contributed by atoms with Crippen molar-refractivity contribution in [2.45, 2.75) is 38.5 Å². The highest BCUT2D eigenvalue weighted by Gasteiger charge is 2.35. The van der Waals surface area contributed by atoms with Gasteiger partial charge in [-0.15, -0.1) is 0 Å². The highest BCUT2D eigenvalue weighted by Crippen LogP contribution is 2.36. The molecule has 4 rings (SSSR count). The van der Waals surface area contributed by atoms with Crippen LogP contribution < -0.4 is 10.1 Å². The van der Waals surface area contributed by atoms with Crippen molar-refractivity contribution in [3.05, 3.63) is 54.1 Å². The van der Waals surface area contributed by atoms with E-state index in [4.69, 9.17) is 4.74 Å². The van der Waals surface area contributed by atoms with Gasteiger partial charge < -0.3 is 15.0 Å². The maximum absolute atomic E-state index is 13.2. The molecule has 1 aromatic carbocycles. The number of carbonyl (C=O) groups excluding carboxylic acids is 1. The van der Waals surface area contributed by atoms with E-state index in [1.807, 2.05) is 17.0 Å². The third-order valence-electron chi connectivity index (χ3n) is 6.25. The molecule has 3 heterocycles. The summed E-state index contributed by atoms with van der Waals surface area (Å²) in [6.45, 7) is 3.84. The summed E-state index contributed by atoms with van der Waals surface area (Å²) in [6.07, 6.45) is 11.5. The number of carbonyl (C=O) groups is 1. The summed E-state index contributed by atoms with van der Waals surface area (Å²) in [7, 11) is 0. The van der Waals surface area contributed by atoms with Crippen molar-refractivity contribution in [3.8, 4) is 5.75 Å². The summed E-state index contributed by atoms with van der Waals surface area (Å²) < 4.78 is 6.11. The highest BCUT2D eigenvalue weighted by molar-refractivity contribution is 5.92. The lowest BCUT2D eigenvalue weighted by molar-refractivity contribution is 0.0526. The summed E-state index contributed by atoms with van der Waals surface area (Å²) in [5, 5.41) is 3.48. The molecule has 1 aromatic heterocycles. The van der Waals surface area contributed by atoms with Gasteiger partial charge in [-0.2, -0.15) is 0 Å². The number of rotatable bonds is 1. The molecule has 0 aliphatic carbocycles. The van der Waals surface area contributed by atoms with Crippen LogP contribution in [-0.4, -0.2) is 53.6 Å². The Morgan fingerprint density at radius 3 is 2.79 bits per heavy atom. The van der Waals surface area contributed by atoms with E-state index in [1.165, 1.54) is 12.0 Å². The van der Waals surface area contributed by atoms with Crippen LogP contribution in [0, 0.1) is 5.41 Å². The van der Waals surface area contributed by atoms with Gasteiger partial charge in [0.25, 0.3) is 5.91 Å². The largest absolute Gasteiger partial charge is 0.491 e. The SMILES string of the molecule is O=C(c1cnccn1)N1CCOc2ccccc2CCCCC2(CCNCC2)C1. The van der Waals surface area contributed by atoms with E-state index < -0.39 is 0 Å². The summed E-state index contributed by atoms with van der Waals surface area (Å²) in [4.78, 5) is 23.5. The Kier molecular flexibility index (Phi) is 6.39. The molecule has 2 aliphatic rings. The Labute approximate surface area is 172 Å². The molecule has 1 N–H and O–H groups in total. The average molecular weight is 395 g/mol. The van der Waals surface area contributed by atoms with Gasteiger partial charge in [-0.3, -0.25) is 9.78 Å². The van der Waals surface area contributed by atoms with Crippen LogP contribution in [0.25, 0.3) is 0 Å². The molecule has 1 spiro atoms. The standard InChI is InChI=1S/C23H30N4O2/c28-22(20-17-25-13-14-26-20)27-15-16-29-21-7-2-1-5-19(21)6-3-4-8-23(18-27)9-11-24-12-10-23/h1-2,5,7,13-14,17,24H,3-4,6,8-12,15-16,18H2. The van der Waals surface area contributed by atoms with Gasteiger partial charge in [0.05, 0.1) is 12.7 Å². The molecule has 0 radical (unpaired) electrons. The minimum Gasteiger partial charge on any atom is -0.491 e. The monoisotopic (exact) mass is 394 g/mol. The Hall–Kier alpha value is -2.47. The quantitative estimate of drug-likeness (QED) is 0.805. The van der Waals surface area contributed by atoms with Crippen molar-refractivity contribution in [3.63, 3.8) is 0 Å². The molecule has 1 fully saturated rings. The van der Waals surface area contributed by atoms with Crippen molar-refractivity contribution in [1.82, 2.24) is 20.2 Å². The van der Waals surface area contributed by atoms with Gasteiger partial charge >= 0.3 is 0 Å². The molecule has 6 heteroatoms. The number of piperidine rings is 1. The minimum atomic E-state index is -0.0510. The third kappa shape index (κ3) is 4.93. The van der Waals surface area contributed by atoms with E-state index in [2.05, 4.69) is 27.4 Å².